The Kier molecular flexibility index (Phi) is 8.10. The molecule has 0 radical (unpaired) electrons. The van der Waals surface area contributed by atoms with Crippen LogP contribution in [0.15, 0.2) is 24.3 Å². The predicted molar refractivity (Wildman–Crippen MR) is 119 cm³/mol. The van der Waals surface area contributed by atoms with Crippen LogP contribution in [0.5, 0.6) is 0 Å². The van der Waals surface area contributed by atoms with E-state index in [0.717, 1.165) is 49.0 Å². The Hall–Kier alpha value is -2.12. The van der Waals surface area contributed by atoms with Crippen LogP contribution in [0.4, 0.5) is 11.4 Å². The van der Waals surface area contributed by atoms with Gasteiger partial charge >= 0.3 is 0 Å². The van der Waals surface area contributed by atoms with E-state index >= 15 is 0 Å². The lowest BCUT2D eigenvalue weighted by atomic mass is 9.86. The first-order chi connectivity index (χ1) is 14.4. The van der Waals surface area contributed by atoms with Gasteiger partial charge in [-0.2, -0.15) is 0 Å². The van der Waals surface area contributed by atoms with Gasteiger partial charge in [0.1, 0.15) is 0 Å². The molecular formula is C23H37N4O3+. The van der Waals surface area contributed by atoms with E-state index in [9.17, 15) is 9.59 Å². The normalized spacial score (nSPS) is 24.0. The smallest absolute Gasteiger partial charge is 0.279 e. The lowest BCUT2D eigenvalue weighted by molar-refractivity contribution is -0.885. The van der Waals surface area contributed by atoms with Crippen molar-refractivity contribution in [1.82, 2.24) is 5.32 Å². The standard InChI is InChI=1S/C23H36N4O3/c1-17-6-4-5-7-21(17)25-23(29)18(2)26(3)16-22(28)24-19-8-10-20(11-9-19)27-12-14-30-15-13-27/h8-11,17-18,21H,4-7,12-16H2,1-3H3,(H,24,28)(H,25,29)/p+1/t17-,18-,21+/m1/s1. The fourth-order valence-corrected chi connectivity index (χ4v) is 4.25. The average Bonchev–Trinajstić information content (AvgIpc) is 2.75. The first-order valence-electron chi connectivity index (χ1n) is 11.3. The molecule has 7 heteroatoms. The summed E-state index contributed by atoms with van der Waals surface area (Å²) >= 11 is 0. The second-order valence-corrected chi connectivity index (χ2v) is 8.82. The summed E-state index contributed by atoms with van der Waals surface area (Å²) < 4.78 is 5.39. The van der Waals surface area contributed by atoms with Crippen LogP contribution < -0.4 is 20.4 Å². The highest BCUT2D eigenvalue weighted by Gasteiger charge is 2.29. The molecule has 1 aliphatic carbocycles. The van der Waals surface area contributed by atoms with Gasteiger partial charge < -0.3 is 25.2 Å². The van der Waals surface area contributed by atoms with Gasteiger partial charge in [-0.05, 0) is 49.9 Å². The third kappa shape index (κ3) is 6.19. The lowest BCUT2D eigenvalue weighted by Gasteiger charge is -2.31. The number of quaternary nitrogens is 1. The molecular weight excluding hydrogens is 380 g/mol. The molecule has 2 amide bonds. The average molecular weight is 418 g/mol. The molecule has 7 nitrogen and oxygen atoms in total. The number of hydrogen-bond donors (Lipinski definition) is 3. The highest BCUT2D eigenvalue weighted by atomic mass is 16.5. The summed E-state index contributed by atoms with van der Waals surface area (Å²) in [5, 5.41) is 6.16. The lowest BCUT2D eigenvalue weighted by Crippen LogP contribution is -3.15. The third-order valence-electron chi connectivity index (χ3n) is 6.54. The molecule has 0 aromatic heterocycles. The number of morpholine rings is 1. The Bertz CT molecular complexity index is 703. The van der Waals surface area contributed by atoms with Crippen molar-refractivity contribution < 1.29 is 19.2 Å². The summed E-state index contributed by atoms with van der Waals surface area (Å²) in [6.45, 7) is 7.63. The number of nitrogens with one attached hydrogen (secondary N) is 3. The number of ether oxygens (including phenoxy) is 1. The third-order valence-corrected chi connectivity index (χ3v) is 6.54. The monoisotopic (exact) mass is 417 g/mol. The molecule has 30 heavy (non-hydrogen) atoms. The molecule has 3 N–H and O–H groups in total. The number of carbonyl (C=O) groups is 2. The van der Waals surface area contributed by atoms with Crippen molar-refractivity contribution in [2.45, 2.75) is 51.6 Å². The summed E-state index contributed by atoms with van der Waals surface area (Å²) in [6.07, 6.45) is 4.66. The van der Waals surface area contributed by atoms with Crippen LogP contribution in [0.2, 0.25) is 0 Å². The predicted octanol–water partition coefficient (Wildman–Crippen LogP) is 1.06. The van der Waals surface area contributed by atoms with E-state index in [4.69, 9.17) is 4.74 Å². The largest absolute Gasteiger partial charge is 0.378 e. The number of hydrogen-bond acceptors (Lipinski definition) is 4. The molecule has 1 saturated carbocycles. The Morgan fingerprint density at radius 2 is 1.83 bits per heavy atom. The molecule has 4 atom stereocenters. The Morgan fingerprint density at radius 1 is 1.17 bits per heavy atom. The van der Waals surface area contributed by atoms with Crippen molar-refractivity contribution >= 4 is 23.2 Å². The van der Waals surface area contributed by atoms with Crippen LogP contribution in [-0.4, -0.2) is 63.8 Å². The molecule has 3 rings (SSSR count). The van der Waals surface area contributed by atoms with Gasteiger partial charge in [-0.1, -0.05) is 19.8 Å². The maximum Gasteiger partial charge on any atom is 0.279 e. The number of nitrogens with zero attached hydrogens (tertiary/aromatic N) is 1. The van der Waals surface area contributed by atoms with E-state index in [0.29, 0.717) is 5.92 Å². The topological polar surface area (TPSA) is 75.1 Å². The van der Waals surface area contributed by atoms with Gasteiger partial charge in [0.25, 0.3) is 11.8 Å². The quantitative estimate of drug-likeness (QED) is 0.620. The number of anilines is 2. The first kappa shape index (κ1) is 22.6. The molecule has 1 saturated heterocycles. The number of carbonyl (C=O) groups excluding carboxylic acids is 2. The molecule has 1 heterocycles. The number of rotatable bonds is 7. The molecule has 166 valence electrons. The highest BCUT2D eigenvalue weighted by Crippen LogP contribution is 2.23. The Labute approximate surface area is 180 Å². The van der Waals surface area contributed by atoms with E-state index in [1.807, 2.05) is 38.2 Å². The van der Waals surface area contributed by atoms with Gasteiger partial charge in [-0.25, -0.2) is 0 Å². The van der Waals surface area contributed by atoms with Gasteiger partial charge in [0.2, 0.25) is 0 Å². The van der Waals surface area contributed by atoms with E-state index in [-0.39, 0.29) is 30.4 Å². The zero-order chi connectivity index (χ0) is 21.5. The Balaban J connectivity index is 1.45. The van der Waals surface area contributed by atoms with Gasteiger partial charge in [-0.3, -0.25) is 9.59 Å². The van der Waals surface area contributed by atoms with Crippen LogP contribution in [-0.2, 0) is 14.3 Å². The van der Waals surface area contributed by atoms with Crippen molar-refractivity contribution in [1.29, 1.82) is 0 Å². The SMILES string of the molecule is C[C@@H]1CCCC[C@@H]1NC(=O)[C@@H](C)[NH+](C)CC(=O)Nc1ccc(N2CCOCC2)cc1. The highest BCUT2D eigenvalue weighted by molar-refractivity contribution is 5.91. The van der Waals surface area contributed by atoms with Gasteiger partial charge in [0, 0.05) is 30.5 Å². The number of likely N-dealkylation sites (N-methyl/N-ethyl adjacent to an activating group) is 1. The van der Waals surface area contributed by atoms with Crippen molar-refractivity contribution in [3.05, 3.63) is 24.3 Å². The summed E-state index contributed by atoms with van der Waals surface area (Å²) in [4.78, 5) is 28.3. The minimum Gasteiger partial charge on any atom is -0.378 e. The second kappa shape index (κ2) is 10.8. The summed E-state index contributed by atoms with van der Waals surface area (Å²) in [7, 11) is 1.90. The fraction of sp³-hybridized carbons (Fsp3) is 0.652. The molecule has 1 unspecified atom stereocenters. The number of benzene rings is 1. The molecule has 1 aromatic carbocycles. The van der Waals surface area contributed by atoms with E-state index in [1.54, 1.807) is 0 Å². The van der Waals surface area contributed by atoms with Crippen molar-refractivity contribution in [2.75, 3.05) is 50.1 Å². The van der Waals surface area contributed by atoms with Gasteiger partial charge in [-0.15, -0.1) is 0 Å². The molecule has 0 bridgehead atoms. The van der Waals surface area contributed by atoms with Gasteiger partial charge in [0.05, 0.1) is 20.3 Å². The zero-order valence-electron chi connectivity index (χ0n) is 18.6. The summed E-state index contributed by atoms with van der Waals surface area (Å²) in [5.41, 5.74) is 1.92. The van der Waals surface area contributed by atoms with Crippen molar-refractivity contribution in [3.8, 4) is 0 Å². The fourth-order valence-electron chi connectivity index (χ4n) is 4.25. The molecule has 0 spiro atoms. The van der Waals surface area contributed by atoms with E-state index in [2.05, 4.69) is 22.5 Å². The minimum atomic E-state index is -0.270. The van der Waals surface area contributed by atoms with Crippen molar-refractivity contribution in [3.63, 3.8) is 0 Å². The van der Waals surface area contributed by atoms with E-state index in [1.165, 1.54) is 19.3 Å². The van der Waals surface area contributed by atoms with Crippen LogP contribution in [0.25, 0.3) is 0 Å². The number of amides is 2. The minimum absolute atomic E-state index is 0.0360. The molecule has 2 fully saturated rings. The van der Waals surface area contributed by atoms with Crippen LogP contribution in [0.1, 0.15) is 39.5 Å². The van der Waals surface area contributed by atoms with Gasteiger partial charge in [0.15, 0.2) is 12.6 Å². The summed E-state index contributed by atoms with van der Waals surface area (Å²) in [5.74, 6) is 0.477. The van der Waals surface area contributed by atoms with Crippen LogP contribution in [0.3, 0.4) is 0 Å². The van der Waals surface area contributed by atoms with E-state index < -0.39 is 0 Å². The molecule has 2 aliphatic rings. The van der Waals surface area contributed by atoms with Crippen LogP contribution in [0, 0.1) is 5.92 Å². The van der Waals surface area contributed by atoms with Crippen molar-refractivity contribution in [2.24, 2.45) is 5.92 Å². The molecule has 1 aliphatic heterocycles. The zero-order valence-corrected chi connectivity index (χ0v) is 18.6. The Morgan fingerprint density at radius 3 is 2.50 bits per heavy atom. The summed E-state index contributed by atoms with van der Waals surface area (Å²) in [6, 6.07) is 7.91. The second-order valence-electron chi connectivity index (χ2n) is 8.82. The maximum atomic E-state index is 12.6. The maximum absolute atomic E-state index is 12.6. The van der Waals surface area contributed by atoms with Crippen LogP contribution >= 0.6 is 0 Å². The molecule has 1 aromatic rings. The first-order valence-corrected chi connectivity index (χ1v) is 11.3.